The summed E-state index contributed by atoms with van der Waals surface area (Å²) >= 11 is 5.95. The second-order valence-corrected chi connectivity index (χ2v) is 6.40. The minimum absolute atomic E-state index is 0.0267. The predicted octanol–water partition coefficient (Wildman–Crippen LogP) is 3.03. The SMILES string of the molecule is CCOC(=O)C(CC1CC(=O)C(Cl)C1)C(=O)c1ccc(OC)cc1. The van der Waals surface area contributed by atoms with Crippen LogP contribution in [0.5, 0.6) is 5.75 Å². The minimum atomic E-state index is -0.918. The highest BCUT2D eigenvalue weighted by molar-refractivity contribution is 6.31. The van der Waals surface area contributed by atoms with Crippen molar-refractivity contribution in [1.29, 1.82) is 0 Å². The average molecular weight is 353 g/mol. The summed E-state index contributed by atoms with van der Waals surface area (Å²) in [5.41, 5.74) is 0.417. The lowest BCUT2D eigenvalue weighted by atomic mass is 9.87. The number of hydrogen-bond donors (Lipinski definition) is 0. The van der Waals surface area contributed by atoms with Gasteiger partial charge in [0, 0.05) is 12.0 Å². The number of hydrogen-bond acceptors (Lipinski definition) is 5. The summed E-state index contributed by atoms with van der Waals surface area (Å²) in [7, 11) is 1.54. The van der Waals surface area contributed by atoms with Crippen LogP contribution in [-0.4, -0.2) is 36.6 Å². The number of carbonyl (C=O) groups excluding carboxylic acids is 3. The Morgan fingerprint density at radius 3 is 2.46 bits per heavy atom. The quantitative estimate of drug-likeness (QED) is 0.326. The fourth-order valence-corrected chi connectivity index (χ4v) is 3.28. The molecule has 3 unspecified atom stereocenters. The Balaban J connectivity index is 2.16. The highest BCUT2D eigenvalue weighted by Gasteiger charge is 2.37. The number of ketones is 2. The van der Waals surface area contributed by atoms with E-state index in [1.165, 1.54) is 7.11 Å². The van der Waals surface area contributed by atoms with Gasteiger partial charge in [0.1, 0.15) is 11.7 Å². The summed E-state index contributed by atoms with van der Waals surface area (Å²) in [6.07, 6.45) is 1.07. The molecular weight excluding hydrogens is 332 g/mol. The molecule has 0 saturated heterocycles. The van der Waals surface area contributed by atoms with Gasteiger partial charge < -0.3 is 9.47 Å². The Hall–Kier alpha value is -1.88. The summed E-state index contributed by atoms with van der Waals surface area (Å²) < 4.78 is 10.1. The number of esters is 1. The van der Waals surface area contributed by atoms with Crippen molar-refractivity contribution in [3.63, 3.8) is 0 Å². The van der Waals surface area contributed by atoms with Gasteiger partial charge in [0.25, 0.3) is 0 Å². The van der Waals surface area contributed by atoms with Gasteiger partial charge in [0.2, 0.25) is 0 Å². The summed E-state index contributed by atoms with van der Waals surface area (Å²) in [5.74, 6) is -1.24. The summed E-state index contributed by atoms with van der Waals surface area (Å²) in [4.78, 5) is 36.6. The Kier molecular flexibility index (Phi) is 6.37. The largest absolute Gasteiger partial charge is 0.497 e. The van der Waals surface area contributed by atoms with Crippen LogP contribution in [0.1, 0.15) is 36.5 Å². The second-order valence-electron chi connectivity index (χ2n) is 5.87. The maximum absolute atomic E-state index is 12.8. The molecule has 1 aliphatic rings. The molecule has 24 heavy (non-hydrogen) atoms. The Morgan fingerprint density at radius 2 is 1.96 bits per heavy atom. The van der Waals surface area contributed by atoms with Gasteiger partial charge >= 0.3 is 5.97 Å². The minimum Gasteiger partial charge on any atom is -0.497 e. The maximum atomic E-state index is 12.8. The van der Waals surface area contributed by atoms with Gasteiger partial charge in [-0.05, 0) is 49.9 Å². The third-order valence-corrected chi connectivity index (χ3v) is 4.63. The number of Topliss-reactive ketones (excluding diaryl/α,β-unsaturated/α-hetero) is 2. The number of alkyl halides is 1. The number of halogens is 1. The molecule has 5 nitrogen and oxygen atoms in total. The molecule has 0 aliphatic heterocycles. The molecule has 2 rings (SSSR count). The van der Waals surface area contributed by atoms with Crippen molar-refractivity contribution in [3.8, 4) is 5.75 Å². The lowest BCUT2D eigenvalue weighted by Crippen LogP contribution is -2.28. The fourth-order valence-electron chi connectivity index (χ4n) is 2.94. The highest BCUT2D eigenvalue weighted by Crippen LogP contribution is 2.33. The zero-order chi connectivity index (χ0) is 17.7. The van der Waals surface area contributed by atoms with Crippen molar-refractivity contribution >= 4 is 29.1 Å². The van der Waals surface area contributed by atoms with E-state index in [1.54, 1.807) is 31.2 Å². The first-order valence-corrected chi connectivity index (χ1v) is 8.41. The first-order chi connectivity index (χ1) is 11.5. The molecule has 1 fully saturated rings. The first kappa shape index (κ1) is 18.5. The van der Waals surface area contributed by atoms with Crippen LogP contribution in [0.3, 0.4) is 0 Å². The molecule has 1 aliphatic carbocycles. The zero-order valence-corrected chi connectivity index (χ0v) is 14.5. The van der Waals surface area contributed by atoms with Gasteiger partial charge in [-0.3, -0.25) is 14.4 Å². The van der Waals surface area contributed by atoms with E-state index in [0.29, 0.717) is 24.2 Å². The van der Waals surface area contributed by atoms with Crippen LogP contribution < -0.4 is 4.74 Å². The Labute approximate surface area is 146 Å². The first-order valence-electron chi connectivity index (χ1n) is 7.98. The summed E-state index contributed by atoms with van der Waals surface area (Å²) in [5, 5.41) is -0.520. The van der Waals surface area contributed by atoms with Crippen LogP contribution in [0.2, 0.25) is 0 Å². The standard InChI is InChI=1S/C18H21ClO5/c1-3-24-18(22)14(8-11-9-15(19)16(20)10-11)17(21)12-4-6-13(23-2)7-5-12/h4-7,11,14-15H,3,8-10H2,1-2H3. The van der Waals surface area contributed by atoms with Crippen molar-refractivity contribution in [2.24, 2.45) is 11.8 Å². The molecule has 1 aromatic carbocycles. The third-order valence-electron chi connectivity index (χ3n) is 4.21. The van der Waals surface area contributed by atoms with Crippen LogP contribution >= 0.6 is 11.6 Å². The Bertz CT molecular complexity index is 610. The molecule has 3 atom stereocenters. The molecule has 1 aromatic rings. The molecule has 0 bridgehead atoms. The van der Waals surface area contributed by atoms with Crippen molar-refractivity contribution in [2.45, 2.75) is 31.6 Å². The predicted molar refractivity (Wildman–Crippen MR) is 89.4 cm³/mol. The van der Waals surface area contributed by atoms with Gasteiger partial charge in [-0.15, -0.1) is 11.6 Å². The van der Waals surface area contributed by atoms with Crippen molar-refractivity contribution in [2.75, 3.05) is 13.7 Å². The second kappa shape index (κ2) is 8.29. The normalized spacial score (nSPS) is 21.4. The molecule has 0 heterocycles. The molecule has 0 aromatic heterocycles. The molecule has 0 spiro atoms. The van der Waals surface area contributed by atoms with E-state index in [-0.39, 0.29) is 30.5 Å². The van der Waals surface area contributed by atoms with Gasteiger partial charge in [-0.1, -0.05) is 0 Å². The van der Waals surface area contributed by atoms with Crippen molar-refractivity contribution < 1.29 is 23.9 Å². The summed E-state index contributed by atoms with van der Waals surface area (Å²) in [6, 6.07) is 6.59. The number of ether oxygens (including phenoxy) is 2. The topological polar surface area (TPSA) is 69.7 Å². The molecule has 1 saturated carbocycles. The number of benzene rings is 1. The van der Waals surface area contributed by atoms with Gasteiger partial charge in [-0.25, -0.2) is 0 Å². The van der Waals surface area contributed by atoms with Gasteiger partial charge in [0.05, 0.1) is 19.1 Å². The number of carbonyl (C=O) groups is 3. The van der Waals surface area contributed by atoms with Crippen LogP contribution in [0.25, 0.3) is 0 Å². The molecule has 0 radical (unpaired) electrons. The van der Waals surface area contributed by atoms with Gasteiger partial charge in [0.15, 0.2) is 11.6 Å². The van der Waals surface area contributed by atoms with Gasteiger partial charge in [-0.2, -0.15) is 0 Å². The van der Waals surface area contributed by atoms with E-state index in [4.69, 9.17) is 21.1 Å². The van der Waals surface area contributed by atoms with E-state index in [0.717, 1.165) is 0 Å². The van der Waals surface area contributed by atoms with Crippen LogP contribution in [-0.2, 0) is 14.3 Å². The maximum Gasteiger partial charge on any atom is 0.316 e. The van der Waals surface area contributed by atoms with E-state index < -0.39 is 17.3 Å². The number of rotatable bonds is 7. The monoisotopic (exact) mass is 352 g/mol. The summed E-state index contributed by atoms with van der Waals surface area (Å²) in [6.45, 7) is 1.90. The zero-order valence-electron chi connectivity index (χ0n) is 13.8. The van der Waals surface area contributed by atoms with E-state index in [9.17, 15) is 14.4 Å². The van der Waals surface area contributed by atoms with E-state index >= 15 is 0 Å². The lowest BCUT2D eigenvalue weighted by Gasteiger charge is -2.18. The van der Waals surface area contributed by atoms with Crippen LogP contribution in [0.15, 0.2) is 24.3 Å². The molecular formula is C18H21ClO5. The van der Waals surface area contributed by atoms with Crippen molar-refractivity contribution in [3.05, 3.63) is 29.8 Å². The molecule has 0 amide bonds. The smallest absolute Gasteiger partial charge is 0.316 e. The third kappa shape index (κ3) is 4.35. The molecule has 0 N–H and O–H groups in total. The van der Waals surface area contributed by atoms with E-state index in [2.05, 4.69) is 0 Å². The highest BCUT2D eigenvalue weighted by atomic mass is 35.5. The lowest BCUT2D eigenvalue weighted by molar-refractivity contribution is -0.146. The molecule has 6 heteroatoms. The molecule has 130 valence electrons. The van der Waals surface area contributed by atoms with E-state index in [1.807, 2.05) is 0 Å². The fraction of sp³-hybridized carbons (Fsp3) is 0.500. The Morgan fingerprint density at radius 1 is 1.29 bits per heavy atom. The van der Waals surface area contributed by atoms with Crippen molar-refractivity contribution in [1.82, 2.24) is 0 Å². The van der Waals surface area contributed by atoms with Crippen LogP contribution in [0, 0.1) is 11.8 Å². The number of methoxy groups -OCH3 is 1. The van der Waals surface area contributed by atoms with Crippen LogP contribution in [0.4, 0.5) is 0 Å². The average Bonchev–Trinajstić information content (AvgIpc) is 2.90.